The molecule has 2 atom stereocenters. The Hall–Kier alpha value is -2.93. The highest BCUT2D eigenvalue weighted by Crippen LogP contribution is 2.31. The summed E-state index contributed by atoms with van der Waals surface area (Å²) in [5.41, 5.74) is 3.05. The first-order valence-corrected chi connectivity index (χ1v) is 11.1. The van der Waals surface area contributed by atoms with Crippen molar-refractivity contribution in [2.24, 2.45) is 10.9 Å². The zero-order valence-corrected chi connectivity index (χ0v) is 19.2. The average molecular weight is 438 g/mol. The first-order valence-electron chi connectivity index (χ1n) is 10.2. The van der Waals surface area contributed by atoms with Crippen LogP contribution in [0.5, 0.6) is 0 Å². The molecule has 1 aliphatic heterocycles. The fraction of sp³-hybridized carbons (Fsp3) is 0.333. The summed E-state index contributed by atoms with van der Waals surface area (Å²) in [6, 6.07) is 14.0. The maximum Gasteiger partial charge on any atom is 0.258 e. The maximum atomic E-state index is 13.0. The van der Waals surface area contributed by atoms with Gasteiger partial charge in [0.25, 0.3) is 5.91 Å². The minimum atomic E-state index is -0.474. The number of aryl methyl sites for hydroxylation is 1. The Kier molecular flexibility index (Phi) is 6.95. The minimum Gasteiger partial charge on any atom is -0.325 e. The Morgan fingerprint density at radius 1 is 1.03 bits per heavy atom. The van der Waals surface area contributed by atoms with Gasteiger partial charge in [-0.15, -0.1) is 0 Å². The summed E-state index contributed by atoms with van der Waals surface area (Å²) >= 11 is 1.26. The lowest BCUT2D eigenvalue weighted by molar-refractivity contribution is -0.119. The number of amidine groups is 1. The smallest absolute Gasteiger partial charge is 0.258 e. The molecule has 0 unspecified atom stereocenters. The minimum absolute atomic E-state index is 0.0263. The predicted molar refractivity (Wildman–Crippen MR) is 127 cm³/mol. The number of benzene rings is 2. The van der Waals surface area contributed by atoms with E-state index in [1.165, 1.54) is 18.7 Å². The summed E-state index contributed by atoms with van der Waals surface area (Å²) in [6.07, 6.45) is 0. The molecule has 1 aliphatic rings. The number of thioether (sulfide) groups is 1. The molecule has 0 saturated carbocycles. The molecule has 0 fully saturated rings. The highest BCUT2D eigenvalue weighted by atomic mass is 32.2. The fourth-order valence-corrected chi connectivity index (χ4v) is 4.11. The highest BCUT2D eigenvalue weighted by Gasteiger charge is 2.38. The van der Waals surface area contributed by atoms with Crippen molar-refractivity contribution in [1.29, 1.82) is 0 Å². The van der Waals surface area contributed by atoms with Gasteiger partial charge in [-0.3, -0.25) is 19.3 Å². The van der Waals surface area contributed by atoms with Crippen LogP contribution in [0.15, 0.2) is 53.5 Å². The lowest BCUT2D eigenvalue weighted by Crippen LogP contribution is -2.37. The molecule has 162 valence electrons. The van der Waals surface area contributed by atoms with Crippen LogP contribution in [0.4, 0.5) is 11.4 Å². The molecule has 0 radical (unpaired) electrons. The van der Waals surface area contributed by atoms with Gasteiger partial charge in [-0.05, 0) is 63.1 Å². The lowest BCUT2D eigenvalue weighted by Gasteiger charge is -2.21. The van der Waals surface area contributed by atoms with Crippen LogP contribution in [0.2, 0.25) is 0 Å². The number of ketones is 1. The number of carbonyl (C=O) groups is 3. The Morgan fingerprint density at radius 3 is 2.19 bits per heavy atom. The molecule has 1 N–H and O–H groups in total. The Morgan fingerprint density at radius 2 is 1.65 bits per heavy atom. The van der Waals surface area contributed by atoms with Crippen molar-refractivity contribution in [3.63, 3.8) is 0 Å². The third-order valence-corrected chi connectivity index (χ3v) is 6.11. The standard InChI is InChI=1S/C24H27N3O3S/c1-14(2)21-23(30)27(20-12-6-15(3)7-13-20)24(26-21)31-17(5)22(29)25-19-10-8-18(9-11-19)16(4)28/h6-14,17,21H,1-5H3,(H,25,29)/t17-,21+/m1/s1. The molecule has 0 bridgehead atoms. The van der Waals surface area contributed by atoms with Gasteiger partial charge in [0.1, 0.15) is 6.04 Å². The summed E-state index contributed by atoms with van der Waals surface area (Å²) in [7, 11) is 0. The van der Waals surface area contributed by atoms with Crippen LogP contribution in [-0.2, 0) is 9.59 Å². The molecule has 0 aliphatic carbocycles. The molecule has 7 heteroatoms. The number of hydrogen-bond acceptors (Lipinski definition) is 5. The molecule has 0 spiro atoms. The molecule has 1 heterocycles. The second-order valence-corrected chi connectivity index (χ2v) is 9.30. The van der Waals surface area contributed by atoms with Gasteiger partial charge in [-0.25, -0.2) is 4.99 Å². The van der Waals surface area contributed by atoms with Crippen molar-refractivity contribution in [2.75, 3.05) is 10.2 Å². The van der Waals surface area contributed by atoms with Crippen molar-refractivity contribution in [2.45, 2.75) is 45.9 Å². The van der Waals surface area contributed by atoms with E-state index in [9.17, 15) is 14.4 Å². The van der Waals surface area contributed by atoms with Crippen LogP contribution >= 0.6 is 11.8 Å². The number of carbonyl (C=O) groups excluding carboxylic acids is 3. The van der Waals surface area contributed by atoms with E-state index in [0.29, 0.717) is 16.4 Å². The lowest BCUT2D eigenvalue weighted by atomic mass is 10.0. The molecule has 0 saturated heterocycles. The van der Waals surface area contributed by atoms with E-state index in [1.807, 2.05) is 45.0 Å². The summed E-state index contributed by atoms with van der Waals surface area (Å²) in [5.74, 6) is -0.245. The number of amides is 2. The van der Waals surface area contributed by atoms with E-state index >= 15 is 0 Å². The van der Waals surface area contributed by atoms with Gasteiger partial charge in [0, 0.05) is 11.3 Å². The highest BCUT2D eigenvalue weighted by molar-refractivity contribution is 8.15. The third-order valence-electron chi connectivity index (χ3n) is 5.05. The predicted octanol–water partition coefficient (Wildman–Crippen LogP) is 4.69. The molecular weight excluding hydrogens is 410 g/mol. The van der Waals surface area contributed by atoms with Crippen molar-refractivity contribution < 1.29 is 14.4 Å². The molecule has 2 aromatic rings. The Labute approximate surface area is 187 Å². The number of anilines is 2. The fourth-order valence-electron chi connectivity index (χ4n) is 3.15. The van der Waals surface area contributed by atoms with Crippen molar-refractivity contribution in [3.8, 4) is 0 Å². The van der Waals surface area contributed by atoms with Crippen molar-refractivity contribution in [3.05, 3.63) is 59.7 Å². The molecule has 3 rings (SSSR count). The van der Waals surface area contributed by atoms with Crippen LogP contribution < -0.4 is 10.2 Å². The van der Waals surface area contributed by atoms with E-state index in [2.05, 4.69) is 10.3 Å². The van der Waals surface area contributed by atoms with E-state index in [4.69, 9.17) is 0 Å². The first kappa shape index (κ1) is 22.7. The summed E-state index contributed by atoms with van der Waals surface area (Å²) in [5, 5.41) is 2.92. The first-order chi connectivity index (χ1) is 14.7. The van der Waals surface area contributed by atoms with E-state index in [0.717, 1.165) is 11.3 Å². The van der Waals surface area contributed by atoms with Crippen LogP contribution in [-0.4, -0.2) is 34.1 Å². The largest absolute Gasteiger partial charge is 0.325 e. The van der Waals surface area contributed by atoms with Gasteiger partial charge in [0.15, 0.2) is 11.0 Å². The molecule has 6 nitrogen and oxygen atoms in total. The number of hydrogen-bond donors (Lipinski definition) is 1. The summed E-state index contributed by atoms with van der Waals surface area (Å²) in [4.78, 5) is 43.5. The second kappa shape index (κ2) is 9.47. The number of rotatable bonds is 6. The van der Waals surface area contributed by atoms with Gasteiger partial charge < -0.3 is 5.32 Å². The van der Waals surface area contributed by atoms with E-state index in [-0.39, 0.29) is 23.5 Å². The van der Waals surface area contributed by atoms with Crippen LogP contribution in [0.3, 0.4) is 0 Å². The Bertz CT molecular complexity index is 1010. The normalized spacial score (nSPS) is 17.0. The van der Waals surface area contributed by atoms with E-state index in [1.54, 1.807) is 36.1 Å². The third kappa shape index (κ3) is 5.22. The maximum absolute atomic E-state index is 13.0. The van der Waals surface area contributed by atoms with Gasteiger partial charge in [0.2, 0.25) is 5.91 Å². The zero-order valence-electron chi connectivity index (χ0n) is 18.4. The summed E-state index contributed by atoms with van der Waals surface area (Å²) < 4.78 is 0. The number of nitrogens with one attached hydrogen (secondary N) is 1. The van der Waals surface area contributed by atoms with Crippen LogP contribution in [0, 0.1) is 12.8 Å². The van der Waals surface area contributed by atoms with E-state index < -0.39 is 11.3 Å². The van der Waals surface area contributed by atoms with Gasteiger partial charge in [-0.2, -0.15) is 0 Å². The SMILES string of the molecule is CC(=O)c1ccc(NC(=O)[C@@H](C)SC2=N[C@@H](C(C)C)C(=O)N2c2ccc(C)cc2)cc1. The van der Waals surface area contributed by atoms with Crippen LogP contribution in [0.25, 0.3) is 0 Å². The topological polar surface area (TPSA) is 78.8 Å². The average Bonchev–Trinajstić information content (AvgIpc) is 3.05. The summed E-state index contributed by atoms with van der Waals surface area (Å²) in [6.45, 7) is 9.21. The zero-order chi connectivity index (χ0) is 22.7. The number of Topliss-reactive ketones (excluding diaryl/α,β-unsaturated/α-hetero) is 1. The second-order valence-electron chi connectivity index (χ2n) is 7.99. The molecule has 31 heavy (non-hydrogen) atoms. The van der Waals surface area contributed by atoms with Crippen molar-refractivity contribution in [1.82, 2.24) is 0 Å². The van der Waals surface area contributed by atoms with Gasteiger partial charge in [-0.1, -0.05) is 43.3 Å². The molecule has 0 aromatic heterocycles. The Balaban J connectivity index is 1.76. The van der Waals surface area contributed by atoms with Gasteiger partial charge >= 0.3 is 0 Å². The van der Waals surface area contributed by atoms with Crippen molar-refractivity contribution >= 4 is 45.9 Å². The van der Waals surface area contributed by atoms with Gasteiger partial charge in [0.05, 0.1) is 10.9 Å². The number of aliphatic imine (C=N–C) groups is 1. The molecular formula is C24H27N3O3S. The monoisotopic (exact) mass is 437 g/mol. The molecule has 2 amide bonds. The number of nitrogens with zero attached hydrogens (tertiary/aromatic N) is 2. The quantitative estimate of drug-likeness (QED) is 0.665. The molecule has 2 aromatic carbocycles. The van der Waals surface area contributed by atoms with Crippen LogP contribution in [0.1, 0.15) is 43.6 Å².